The van der Waals surface area contributed by atoms with Crippen LogP contribution in [0.2, 0.25) is 0 Å². The van der Waals surface area contributed by atoms with E-state index in [4.69, 9.17) is 0 Å². The highest BCUT2D eigenvalue weighted by atomic mass is 16.3. The number of aliphatic hydroxyl groups excluding tert-OH is 1. The molecule has 0 saturated heterocycles. The van der Waals surface area contributed by atoms with Crippen LogP contribution in [0.3, 0.4) is 0 Å². The Morgan fingerprint density at radius 1 is 0.920 bits per heavy atom. The molecule has 1 aliphatic rings. The van der Waals surface area contributed by atoms with Gasteiger partial charge < -0.3 is 10.0 Å². The molecule has 0 aromatic carbocycles. The fourth-order valence-electron chi connectivity index (χ4n) is 3.48. The molecule has 1 aliphatic heterocycles. The van der Waals surface area contributed by atoms with Crippen molar-refractivity contribution in [1.29, 1.82) is 0 Å². The molecule has 1 N–H and O–H groups in total. The van der Waals surface area contributed by atoms with E-state index >= 15 is 0 Å². The SMILES string of the molecule is CCCCCCCCCCCCCCCC=CN1CCN=C1C(C)O. The lowest BCUT2D eigenvalue weighted by atomic mass is 10.0. The van der Waals surface area contributed by atoms with Crippen LogP contribution in [0.5, 0.6) is 0 Å². The van der Waals surface area contributed by atoms with E-state index in [1.807, 2.05) is 0 Å². The standard InChI is InChI=1S/C22H42N2O/c1-3-4-5-6-7-8-9-10-11-12-13-14-15-16-17-19-24-20-18-23-22(24)21(2)25/h17,19,21,25H,3-16,18,20H2,1-2H3. The van der Waals surface area contributed by atoms with Crippen LogP contribution >= 0.6 is 0 Å². The first kappa shape index (κ1) is 22.2. The molecule has 0 fully saturated rings. The van der Waals surface area contributed by atoms with E-state index < -0.39 is 6.10 Å². The zero-order valence-electron chi connectivity index (χ0n) is 16.9. The zero-order chi connectivity index (χ0) is 18.2. The van der Waals surface area contributed by atoms with Gasteiger partial charge in [0.05, 0.1) is 6.54 Å². The highest BCUT2D eigenvalue weighted by Crippen LogP contribution is 2.13. The molecule has 0 saturated carbocycles. The molecule has 0 spiro atoms. The minimum absolute atomic E-state index is 0.455. The van der Waals surface area contributed by atoms with Gasteiger partial charge in [-0.1, -0.05) is 90.0 Å². The molecule has 3 heteroatoms. The number of hydrogen-bond acceptors (Lipinski definition) is 3. The van der Waals surface area contributed by atoms with Crippen molar-refractivity contribution in [1.82, 2.24) is 4.90 Å². The molecule has 1 heterocycles. The summed E-state index contributed by atoms with van der Waals surface area (Å²) < 4.78 is 0. The Labute approximate surface area is 156 Å². The van der Waals surface area contributed by atoms with Gasteiger partial charge in [0.1, 0.15) is 11.9 Å². The minimum Gasteiger partial charge on any atom is -0.385 e. The van der Waals surface area contributed by atoms with Crippen LogP contribution in [0.4, 0.5) is 0 Å². The van der Waals surface area contributed by atoms with Crippen LogP contribution in [-0.4, -0.2) is 35.0 Å². The highest BCUT2D eigenvalue weighted by molar-refractivity contribution is 5.88. The minimum atomic E-state index is -0.455. The molecule has 3 nitrogen and oxygen atoms in total. The van der Waals surface area contributed by atoms with Gasteiger partial charge in [-0.05, 0) is 19.8 Å². The summed E-state index contributed by atoms with van der Waals surface area (Å²) in [6, 6.07) is 0. The van der Waals surface area contributed by atoms with Gasteiger partial charge in [0, 0.05) is 12.7 Å². The molecule has 1 atom stereocenters. The first-order valence-corrected chi connectivity index (χ1v) is 10.9. The molecule has 1 unspecified atom stereocenters. The van der Waals surface area contributed by atoms with Crippen molar-refractivity contribution >= 4 is 5.84 Å². The van der Waals surface area contributed by atoms with Crippen LogP contribution in [-0.2, 0) is 0 Å². The summed E-state index contributed by atoms with van der Waals surface area (Å²) in [6.07, 6.45) is 23.3. The van der Waals surface area contributed by atoms with Crippen LogP contribution < -0.4 is 0 Å². The lowest BCUT2D eigenvalue weighted by Crippen LogP contribution is -2.30. The molecule has 146 valence electrons. The topological polar surface area (TPSA) is 35.8 Å². The number of aliphatic hydroxyl groups is 1. The lowest BCUT2D eigenvalue weighted by molar-refractivity contribution is 0.250. The second-order valence-electron chi connectivity index (χ2n) is 7.53. The Hall–Kier alpha value is -0.830. The third-order valence-corrected chi connectivity index (χ3v) is 5.04. The van der Waals surface area contributed by atoms with Crippen molar-refractivity contribution in [3.8, 4) is 0 Å². The number of rotatable bonds is 16. The molecule has 1 rings (SSSR count). The normalized spacial score (nSPS) is 16.0. The second kappa shape index (κ2) is 15.4. The fraction of sp³-hybridized carbons (Fsp3) is 0.864. The number of nitrogens with zero attached hydrogens (tertiary/aromatic N) is 2. The number of amidine groups is 1. The van der Waals surface area contributed by atoms with E-state index in [1.54, 1.807) is 6.92 Å². The van der Waals surface area contributed by atoms with Gasteiger partial charge >= 0.3 is 0 Å². The molecule has 0 amide bonds. The van der Waals surface area contributed by atoms with E-state index in [9.17, 15) is 5.11 Å². The number of aliphatic imine (C=N–C) groups is 1. The van der Waals surface area contributed by atoms with Crippen LogP contribution in [0.15, 0.2) is 17.3 Å². The Balaban J connectivity index is 1.83. The molecule has 25 heavy (non-hydrogen) atoms. The molecular weight excluding hydrogens is 308 g/mol. The van der Waals surface area contributed by atoms with Gasteiger partial charge in [-0.25, -0.2) is 0 Å². The Bertz CT molecular complexity index is 363. The van der Waals surface area contributed by atoms with Gasteiger partial charge in [-0.15, -0.1) is 0 Å². The quantitative estimate of drug-likeness (QED) is 0.343. The predicted octanol–water partition coefficient (Wildman–Crippen LogP) is 6.08. The van der Waals surface area contributed by atoms with Crippen molar-refractivity contribution in [2.75, 3.05) is 13.1 Å². The number of unbranched alkanes of at least 4 members (excludes halogenated alkanes) is 13. The maximum atomic E-state index is 9.64. The Morgan fingerprint density at radius 3 is 1.96 bits per heavy atom. The highest BCUT2D eigenvalue weighted by Gasteiger charge is 2.18. The average molecular weight is 351 g/mol. The van der Waals surface area contributed by atoms with Gasteiger partial charge in [0.25, 0.3) is 0 Å². The molecule has 0 radical (unpaired) electrons. The van der Waals surface area contributed by atoms with Gasteiger partial charge in [0.2, 0.25) is 0 Å². The molecule has 0 aliphatic carbocycles. The lowest BCUT2D eigenvalue weighted by Gasteiger charge is -2.17. The molecule has 0 aromatic rings. The van der Waals surface area contributed by atoms with E-state index in [0.29, 0.717) is 0 Å². The predicted molar refractivity (Wildman–Crippen MR) is 110 cm³/mol. The first-order chi connectivity index (χ1) is 12.3. The average Bonchev–Trinajstić information content (AvgIpc) is 3.07. The summed E-state index contributed by atoms with van der Waals surface area (Å²) in [5.74, 6) is 0.821. The number of allylic oxidation sites excluding steroid dienone is 1. The van der Waals surface area contributed by atoms with Crippen LogP contribution in [0.1, 0.15) is 104 Å². The fourth-order valence-corrected chi connectivity index (χ4v) is 3.48. The third kappa shape index (κ3) is 11.4. The summed E-state index contributed by atoms with van der Waals surface area (Å²) in [4.78, 5) is 6.44. The smallest absolute Gasteiger partial charge is 0.132 e. The van der Waals surface area contributed by atoms with Gasteiger partial charge in [-0.3, -0.25) is 4.99 Å². The van der Waals surface area contributed by atoms with Crippen LogP contribution in [0.25, 0.3) is 0 Å². The Kier molecular flexibility index (Phi) is 13.7. The van der Waals surface area contributed by atoms with Crippen molar-refractivity contribution in [2.45, 2.75) is 110 Å². The zero-order valence-corrected chi connectivity index (χ0v) is 16.9. The largest absolute Gasteiger partial charge is 0.385 e. The summed E-state index contributed by atoms with van der Waals surface area (Å²) in [6.45, 7) is 5.79. The summed E-state index contributed by atoms with van der Waals surface area (Å²) in [5.41, 5.74) is 0. The van der Waals surface area contributed by atoms with E-state index in [-0.39, 0.29) is 0 Å². The summed E-state index contributed by atoms with van der Waals surface area (Å²) >= 11 is 0. The van der Waals surface area contributed by atoms with Crippen LogP contribution in [0, 0.1) is 0 Å². The Morgan fingerprint density at radius 2 is 1.44 bits per heavy atom. The van der Waals surface area contributed by atoms with E-state index in [1.165, 1.54) is 83.5 Å². The van der Waals surface area contributed by atoms with Crippen molar-refractivity contribution < 1.29 is 5.11 Å². The monoisotopic (exact) mass is 350 g/mol. The number of hydrogen-bond donors (Lipinski definition) is 1. The van der Waals surface area contributed by atoms with Crippen molar-refractivity contribution in [3.05, 3.63) is 12.3 Å². The van der Waals surface area contributed by atoms with Gasteiger partial charge in [-0.2, -0.15) is 0 Å². The van der Waals surface area contributed by atoms with Crippen molar-refractivity contribution in [3.63, 3.8) is 0 Å². The summed E-state index contributed by atoms with van der Waals surface area (Å²) in [7, 11) is 0. The van der Waals surface area contributed by atoms with Gasteiger partial charge in [0.15, 0.2) is 0 Å². The maximum Gasteiger partial charge on any atom is 0.132 e. The van der Waals surface area contributed by atoms with E-state index in [2.05, 4.69) is 29.1 Å². The van der Waals surface area contributed by atoms with E-state index in [0.717, 1.165) is 25.3 Å². The third-order valence-electron chi connectivity index (χ3n) is 5.04. The maximum absolute atomic E-state index is 9.64. The molecular formula is C22H42N2O. The molecule has 0 aromatic heterocycles. The second-order valence-corrected chi connectivity index (χ2v) is 7.53. The first-order valence-electron chi connectivity index (χ1n) is 10.9. The molecule has 0 bridgehead atoms. The summed E-state index contributed by atoms with van der Waals surface area (Å²) in [5, 5.41) is 9.64. The van der Waals surface area contributed by atoms with Crippen molar-refractivity contribution in [2.24, 2.45) is 4.99 Å².